The predicted molar refractivity (Wildman–Crippen MR) is 115 cm³/mol. The zero-order valence-electron chi connectivity index (χ0n) is 16.8. The molecule has 162 valence electrons. The van der Waals surface area contributed by atoms with Gasteiger partial charge in [0.05, 0.1) is 28.7 Å². The highest BCUT2D eigenvalue weighted by Crippen LogP contribution is 2.35. The molecule has 0 radical (unpaired) electrons. The minimum Gasteiger partial charge on any atom is -0.457 e. The van der Waals surface area contributed by atoms with Crippen molar-refractivity contribution in [3.8, 4) is 17.6 Å². The van der Waals surface area contributed by atoms with Crippen LogP contribution in [0.2, 0.25) is 0 Å². The Kier molecular flexibility index (Phi) is 5.85. The van der Waals surface area contributed by atoms with Crippen molar-refractivity contribution < 1.29 is 22.7 Å². The Labute approximate surface area is 181 Å². The van der Waals surface area contributed by atoms with Gasteiger partial charge in [-0.2, -0.15) is 5.26 Å². The van der Waals surface area contributed by atoms with Gasteiger partial charge in [-0.1, -0.05) is 0 Å². The lowest BCUT2D eigenvalue weighted by Crippen LogP contribution is -2.50. The van der Waals surface area contributed by atoms with Gasteiger partial charge in [-0.15, -0.1) is 0 Å². The fourth-order valence-corrected chi connectivity index (χ4v) is 5.98. The number of anilines is 1. The highest BCUT2D eigenvalue weighted by Gasteiger charge is 2.46. The number of rotatable bonds is 4. The van der Waals surface area contributed by atoms with E-state index in [-0.39, 0.29) is 23.6 Å². The van der Waals surface area contributed by atoms with Gasteiger partial charge in [0.2, 0.25) is 0 Å². The summed E-state index contributed by atoms with van der Waals surface area (Å²) in [6, 6.07) is 15.3. The third kappa shape index (κ3) is 5.34. The summed E-state index contributed by atoms with van der Waals surface area (Å²) in [6.07, 6.45) is 1.62. The molecular formula is C22H23N3O5S. The zero-order chi connectivity index (χ0) is 21.9. The van der Waals surface area contributed by atoms with Gasteiger partial charge in [0.1, 0.15) is 11.5 Å². The minimum atomic E-state index is -3.06. The maximum absolute atomic E-state index is 12.4. The molecule has 2 unspecified atom stereocenters. The van der Waals surface area contributed by atoms with Gasteiger partial charge in [0.25, 0.3) is 0 Å². The van der Waals surface area contributed by atoms with Gasteiger partial charge in [0.15, 0.2) is 9.84 Å². The number of carbonyl (C=O) groups is 1. The molecule has 2 atom stereocenters. The molecule has 0 saturated carbocycles. The van der Waals surface area contributed by atoms with Crippen molar-refractivity contribution in [2.75, 3.05) is 23.4 Å². The number of sulfone groups is 1. The first-order valence-electron chi connectivity index (χ1n) is 10.0. The third-order valence-electron chi connectivity index (χ3n) is 5.51. The fourth-order valence-electron chi connectivity index (χ4n) is 4.00. The number of carbonyl (C=O) groups excluding carboxylic acids is 1. The highest BCUT2D eigenvalue weighted by molar-refractivity contribution is 7.91. The van der Waals surface area contributed by atoms with E-state index >= 15 is 0 Å². The molecule has 8 nitrogen and oxygen atoms in total. The number of hydrogen-bond acceptors (Lipinski definition) is 6. The molecule has 2 heterocycles. The first kappa shape index (κ1) is 21.2. The Morgan fingerprint density at radius 3 is 2.42 bits per heavy atom. The monoisotopic (exact) mass is 441 g/mol. The minimum absolute atomic E-state index is 0.0283. The maximum atomic E-state index is 12.4. The first-order valence-corrected chi connectivity index (χ1v) is 11.9. The van der Waals surface area contributed by atoms with E-state index in [2.05, 4.69) is 16.7 Å². The molecule has 1 spiro atoms. The smallest absolute Gasteiger partial charge is 0.319 e. The normalized spacial score (nSPS) is 24.3. The predicted octanol–water partition coefficient (Wildman–Crippen LogP) is 3.21. The molecule has 2 fully saturated rings. The van der Waals surface area contributed by atoms with E-state index in [1.54, 1.807) is 48.5 Å². The SMILES string of the molecule is N#Cc1ccc(Oc2ccc(NC(=O)NC3CCOC4(CCS(=O)(=O)C4)C3)cc2)cc1. The van der Waals surface area contributed by atoms with Crippen LogP contribution in [0.4, 0.5) is 10.5 Å². The second-order valence-corrected chi connectivity index (χ2v) is 10.1. The van der Waals surface area contributed by atoms with Crippen LogP contribution in [0.1, 0.15) is 24.8 Å². The summed E-state index contributed by atoms with van der Waals surface area (Å²) in [5.74, 6) is 1.38. The van der Waals surface area contributed by atoms with Gasteiger partial charge < -0.3 is 20.1 Å². The molecule has 31 heavy (non-hydrogen) atoms. The van der Waals surface area contributed by atoms with E-state index in [0.29, 0.717) is 48.6 Å². The van der Waals surface area contributed by atoms with Crippen LogP contribution >= 0.6 is 0 Å². The Bertz CT molecular complexity index is 1090. The number of nitrogens with one attached hydrogen (secondary N) is 2. The number of amides is 2. The average molecular weight is 442 g/mol. The van der Waals surface area contributed by atoms with Crippen LogP contribution in [0.5, 0.6) is 11.5 Å². The summed E-state index contributed by atoms with van der Waals surface area (Å²) in [5.41, 5.74) is 0.497. The fraction of sp³-hybridized carbons (Fsp3) is 0.364. The van der Waals surface area contributed by atoms with Crippen molar-refractivity contribution in [2.45, 2.75) is 30.9 Å². The summed E-state index contributed by atoms with van der Waals surface area (Å²) in [6.45, 7) is 0.432. The molecule has 2 saturated heterocycles. The van der Waals surface area contributed by atoms with E-state index in [0.717, 1.165) is 0 Å². The lowest BCUT2D eigenvalue weighted by Gasteiger charge is -2.37. The topological polar surface area (TPSA) is 118 Å². The third-order valence-corrected chi connectivity index (χ3v) is 7.30. The Morgan fingerprint density at radius 1 is 1.13 bits per heavy atom. The average Bonchev–Trinajstić information content (AvgIpc) is 3.03. The largest absolute Gasteiger partial charge is 0.457 e. The summed E-state index contributed by atoms with van der Waals surface area (Å²) in [7, 11) is -3.06. The molecule has 9 heteroatoms. The number of urea groups is 1. The van der Waals surface area contributed by atoms with Gasteiger partial charge in [0, 0.05) is 18.3 Å². The molecule has 2 aliphatic rings. The number of ether oxygens (including phenoxy) is 2. The Morgan fingerprint density at radius 2 is 1.81 bits per heavy atom. The Balaban J connectivity index is 1.30. The summed E-state index contributed by atoms with van der Waals surface area (Å²) in [5, 5.41) is 14.6. The van der Waals surface area contributed by atoms with Crippen LogP contribution in [-0.4, -0.2) is 44.2 Å². The van der Waals surface area contributed by atoms with Crippen molar-refractivity contribution in [3.63, 3.8) is 0 Å². The molecule has 0 aliphatic carbocycles. The van der Waals surface area contributed by atoms with Crippen molar-refractivity contribution in [1.82, 2.24) is 5.32 Å². The number of benzene rings is 2. The van der Waals surface area contributed by atoms with Crippen molar-refractivity contribution >= 4 is 21.6 Å². The number of nitrogens with zero attached hydrogens (tertiary/aromatic N) is 1. The quantitative estimate of drug-likeness (QED) is 0.752. The molecule has 0 bridgehead atoms. The van der Waals surface area contributed by atoms with E-state index < -0.39 is 15.4 Å². The van der Waals surface area contributed by atoms with Crippen LogP contribution in [0, 0.1) is 11.3 Å². The van der Waals surface area contributed by atoms with Crippen LogP contribution in [-0.2, 0) is 14.6 Å². The van der Waals surface area contributed by atoms with E-state index in [1.165, 1.54) is 0 Å². The van der Waals surface area contributed by atoms with Crippen LogP contribution < -0.4 is 15.4 Å². The van der Waals surface area contributed by atoms with Crippen molar-refractivity contribution in [3.05, 3.63) is 54.1 Å². The van der Waals surface area contributed by atoms with Crippen LogP contribution in [0.3, 0.4) is 0 Å². The molecule has 2 aromatic carbocycles. The molecule has 2 aromatic rings. The lowest BCUT2D eigenvalue weighted by molar-refractivity contribution is -0.0685. The highest BCUT2D eigenvalue weighted by atomic mass is 32.2. The molecule has 4 rings (SSSR count). The van der Waals surface area contributed by atoms with Crippen molar-refractivity contribution in [1.29, 1.82) is 5.26 Å². The van der Waals surface area contributed by atoms with E-state index in [4.69, 9.17) is 14.7 Å². The van der Waals surface area contributed by atoms with Crippen LogP contribution in [0.25, 0.3) is 0 Å². The zero-order valence-corrected chi connectivity index (χ0v) is 17.7. The maximum Gasteiger partial charge on any atom is 0.319 e. The second kappa shape index (κ2) is 8.57. The molecular weight excluding hydrogens is 418 g/mol. The molecule has 2 aliphatic heterocycles. The van der Waals surface area contributed by atoms with Crippen molar-refractivity contribution in [2.24, 2.45) is 0 Å². The summed E-state index contributed by atoms with van der Waals surface area (Å²) >= 11 is 0. The van der Waals surface area contributed by atoms with Gasteiger partial charge >= 0.3 is 6.03 Å². The lowest BCUT2D eigenvalue weighted by atomic mass is 9.90. The second-order valence-electron chi connectivity index (χ2n) is 7.92. The first-order chi connectivity index (χ1) is 14.8. The Hall–Kier alpha value is -3.09. The standard InChI is InChI=1S/C22H23N3O5S/c23-14-16-1-5-19(6-2-16)30-20-7-3-17(4-8-20)24-21(26)25-18-9-11-29-22(13-18)10-12-31(27,28)15-22/h1-8,18H,9-13,15H2,(H2,24,25,26). The molecule has 2 amide bonds. The van der Waals surface area contributed by atoms with Gasteiger partial charge in [-0.3, -0.25) is 0 Å². The van der Waals surface area contributed by atoms with Gasteiger partial charge in [-0.05, 0) is 67.8 Å². The molecule has 2 N–H and O–H groups in total. The summed E-state index contributed by atoms with van der Waals surface area (Å²) < 4.78 is 35.2. The number of hydrogen-bond donors (Lipinski definition) is 2. The number of nitriles is 1. The van der Waals surface area contributed by atoms with E-state index in [9.17, 15) is 13.2 Å². The summed E-state index contributed by atoms with van der Waals surface area (Å²) in [4.78, 5) is 12.4. The van der Waals surface area contributed by atoms with E-state index in [1.807, 2.05) is 0 Å². The van der Waals surface area contributed by atoms with Gasteiger partial charge in [-0.25, -0.2) is 13.2 Å². The molecule has 0 aromatic heterocycles. The van der Waals surface area contributed by atoms with Crippen LogP contribution in [0.15, 0.2) is 48.5 Å².